The van der Waals surface area contributed by atoms with Crippen LogP contribution in [-0.2, 0) is 4.79 Å². The maximum Gasteiger partial charge on any atom is 0.251 e. The molecule has 4 nitrogen and oxygen atoms in total. The van der Waals surface area contributed by atoms with Crippen LogP contribution in [0.15, 0.2) is 24.3 Å². The standard InChI is InChI=1S/C17H23ClN2O2/c18-15-9-7-14(8-10-15)17(22)19-11-5-6-16(21)20-12-3-1-2-4-13-20/h7-10H,1-6,11-13H2,(H,19,22). The SMILES string of the molecule is O=C(NCCCC(=O)N1CCCCCC1)c1ccc(Cl)cc1. The Morgan fingerprint density at radius 2 is 1.68 bits per heavy atom. The average molecular weight is 323 g/mol. The van der Waals surface area contributed by atoms with Crippen LogP contribution in [0.25, 0.3) is 0 Å². The molecule has 1 aliphatic rings. The number of nitrogens with one attached hydrogen (secondary N) is 1. The molecule has 0 unspecified atom stereocenters. The first-order valence-corrected chi connectivity index (χ1v) is 8.36. The van der Waals surface area contributed by atoms with E-state index in [1.165, 1.54) is 12.8 Å². The third kappa shape index (κ3) is 5.34. The van der Waals surface area contributed by atoms with Crippen molar-refractivity contribution >= 4 is 23.4 Å². The molecule has 1 aromatic rings. The molecule has 0 spiro atoms. The Morgan fingerprint density at radius 1 is 1.05 bits per heavy atom. The van der Waals surface area contributed by atoms with Crippen molar-refractivity contribution in [2.24, 2.45) is 0 Å². The number of likely N-dealkylation sites (tertiary alicyclic amines) is 1. The number of carbonyl (C=O) groups is 2. The van der Waals surface area contributed by atoms with Crippen molar-refractivity contribution in [1.29, 1.82) is 0 Å². The maximum atomic E-state index is 12.1. The van der Waals surface area contributed by atoms with Crippen LogP contribution in [0.1, 0.15) is 48.9 Å². The minimum absolute atomic E-state index is 0.126. The molecule has 0 aromatic heterocycles. The van der Waals surface area contributed by atoms with Crippen LogP contribution in [0, 0.1) is 0 Å². The zero-order valence-electron chi connectivity index (χ0n) is 12.8. The lowest BCUT2D eigenvalue weighted by Crippen LogP contribution is -2.32. The van der Waals surface area contributed by atoms with Gasteiger partial charge in [0.05, 0.1) is 0 Å². The van der Waals surface area contributed by atoms with E-state index in [0.717, 1.165) is 25.9 Å². The van der Waals surface area contributed by atoms with E-state index in [4.69, 9.17) is 11.6 Å². The summed E-state index contributed by atoms with van der Waals surface area (Å²) in [5.41, 5.74) is 0.586. The highest BCUT2D eigenvalue weighted by molar-refractivity contribution is 6.30. The molecule has 2 rings (SSSR count). The van der Waals surface area contributed by atoms with E-state index >= 15 is 0 Å². The van der Waals surface area contributed by atoms with Crippen molar-refractivity contribution in [3.05, 3.63) is 34.9 Å². The Hall–Kier alpha value is -1.55. The van der Waals surface area contributed by atoms with Crippen molar-refractivity contribution in [2.45, 2.75) is 38.5 Å². The third-order valence-electron chi connectivity index (χ3n) is 3.92. The third-order valence-corrected chi connectivity index (χ3v) is 4.17. The van der Waals surface area contributed by atoms with Gasteiger partial charge in [0.2, 0.25) is 5.91 Å². The van der Waals surface area contributed by atoms with Crippen molar-refractivity contribution in [2.75, 3.05) is 19.6 Å². The van der Waals surface area contributed by atoms with E-state index in [0.29, 0.717) is 30.0 Å². The number of carbonyl (C=O) groups excluding carboxylic acids is 2. The van der Waals surface area contributed by atoms with E-state index in [-0.39, 0.29) is 11.8 Å². The molecule has 0 saturated carbocycles. The minimum atomic E-state index is -0.126. The zero-order chi connectivity index (χ0) is 15.8. The highest BCUT2D eigenvalue weighted by Crippen LogP contribution is 2.11. The molecule has 0 radical (unpaired) electrons. The summed E-state index contributed by atoms with van der Waals surface area (Å²) in [5.74, 6) is 0.0848. The number of hydrogen-bond donors (Lipinski definition) is 1. The van der Waals surface area contributed by atoms with Crippen molar-refractivity contribution in [3.63, 3.8) is 0 Å². The van der Waals surface area contributed by atoms with Crippen molar-refractivity contribution in [1.82, 2.24) is 10.2 Å². The predicted octanol–water partition coefficient (Wildman–Crippen LogP) is 3.25. The van der Waals surface area contributed by atoms with Gasteiger partial charge < -0.3 is 10.2 Å². The van der Waals surface area contributed by atoms with Gasteiger partial charge in [-0.1, -0.05) is 24.4 Å². The molecule has 120 valence electrons. The largest absolute Gasteiger partial charge is 0.352 e. The molecule has 0 atom stereocenters. The molecule has 22 heavy (non-hydrogen) atoms. The Bertz CT molecular complexity index is 494. The van der Waals surface area contributed by atoms with Gasteiger partial charge in [-0.15, -0.1) is 0 Å². The molecular formula is C17H23ClN2O2. The fourth-order valence-electron chi connectivity index (χ4n) is 2.62. The molecule has 0 aliphatic carbocycles. The monoisotopic (exact) mass is 322 g/mol. The van der Waals surface area contributed by atoms with Crippen molar-refractivity contribution < 1.29 is 9.59 Å². The lowest BCUT2D eigenvalue weighted by atomic mass is 10.2. The van der Waals surface area contributed by atoms with E-state index < -0.39 is 0 Å². The first-order valence-electron chi connectivity index (χ1n) is 7.98. The van der Waals surface area contributed by atoms with Crippen LogP contribution in [-0.4, -0.2) is 36.3 Å². The van der Waals surface area contributed by atoms with Gasteiger partial charge in [-0.2, -0.15) is 0 Å². The molecule has 1 saturated heterocycles. The Morgan fingerprint density at radius 3 is 2.32 bits per heavy atom. The van der Waals surface area contributed by atoms with E-state index in [1.807, 2.05) is 4.90 Å². The Labute approximate surface area is 136 Å². The molecule has 5 heteroatoms. The Balaban J connectivity index is 1.66. The van der Waals surface area contributed by atoms with Crippen LogP contribution in [0.2, 0.25) is 5.02 Å². The summed E-state index contributed by atoms with van der Waals surface area (Å²) >= 11 is 5.79. The Kier molecular flexibility index (Phi) is 6.72. The fraction of sp³-hybridized carbons (Fsp3) is 0.529. The number of rotatable bonds is 5. The lowest BCUT2D eigenvalue weighted by molar-refractivity contribution is -0.131. The molecular weight excluding hydrogens is 300 g/mol. The lowest BCUT2D eigenvalue weighted by Gasteiger charge is -2.20. The first-order chi connectivity index (χ1) is 10.7. The molecule has 1 heterocycles. The second-order valence-electron chi connectivity index (χ2n) is 5.66. The van der Waals surface area contributed by atoms with Gasteiger partial charge in [0, 0.05) is 36.6 Å². The highest BCUT2D eigenvalue weighted by Gasteiger charge is 2.14. The van der Waals surface area contributed by atoms with Gasteiger partial charge in [-0.05, 0) is 43.5 Å². The van der Waals surface area contributed by atoms with Crippen LogP contribution >= 0.6 is 11.6 Å². The molecule has 2 amide bonds. The summed E-state index contributed by atoms with van der Waals surface area (Å²) in [6.45, 7) is 2.28. The highest BCUT2D eigenvalue weighted by atomic mass is 35.5. The van der Waals surface area contributed by atoms with Gasteiger partial charge in [0.15, 0.2) is 0 Å². The predicted molar refractivity (Wildman–Crippen MR) is 88.1 cm³/mol. The number of benzene rings is 1. The summed E-state index contributed by atoms with van der Waals surface area (Å²) in [4.78, 5) is 26.0. The van der Waals surface area contributed by atoms with Crippen molar-refractivity contribution in [3.8, 4) is 0 Å². The summed E-state index contributed by atoms with van der Waals surface area (Å²) in [7, 11) is 0. The molecule has 1 aromatic carbocycles. The van der Waals surface area contributed by atoms with Gasteiger partial charge in [-0.3, -0.25) is 9.59 Å². The van der Waals surface area contributed by atoms with Crippen LogP contribution in [0.5, 0.6) is 0 Å². The van der Waals surface area contributed by atoms with Gasteiger partial charge in [0.1, 0.15) is 0 Å². The van der Waals surface area contributed by atoms with Crippen LogP contribution in [0.4, 0.5) is 0 Å². The molecule has 1 N–H and O–H groups in total. The summed E-state index contributed by atoms with van der Waals surface area (Å²) < 4.78 is 0. The van der Waals surface area contributed by atoms with Gasteiger partial charge in [-0.25, -0.2) is 0 Å². The van der Waals surface area contributed by atoms with Gasteiger partial charge >= 0.3 is 0 Å². The number of nitrogens with zero attached hydrogens (tertiary/aromatic N) is 1. The maximum absolute atomic E-state index is 12.1. The second kappa shape index (κ2) is 8.79. The van der Waals surface area contributed by atoms with Gasteiger partial charge in [0.25, 0.3) is 5.91 Å². The zero-order valence-corrected chi connectivity index (χ0v) is 13.6. The smallest absolute Gasteiger partial charge is 0.251 e. The fourth-order valence-corrected chi connectivity index (χ4v) is 2.75. The quantitative estimate of drug-likeness (QED) is 0.846. The van der Waals surface area contributed by atoms with E-state index in [1.54, 1.807) is 24.3 Å². The average Bonchev–Trinajstić information content (AvgIpc) is 2.81. The first kappa shape index (κ1) is 16.8. The molecule has 1 aliphatic heterocycles. The summed E-state index contributed by atoms with van der Waals surface area (Å²) in [5, 5.41) is 3.45. The number of halogens is 1. The summed E-state index contributed by atoms with van der Waals surface area (Å²) in [6, 6.07) is 6.78. The minimum Gasteiger partial charge on any atom is -0.352 e. The number of amides is 2. The molecule has 1 fully saturated rings. The normalized spacial score (nSPS) is 15.2. The number of hydrogen-bond acceptors (Lipinski definition) is 2. The molecule has 0 bridgehead atoms. The topological polar surface area (TPSA) is 49.4 Å². The second-order valence-corrected chi connectivity index (χ2v) is 6.10. The summed E-state index contributed by atoms with van der Waals surface area (Å²) in [6.07, 6.45) is 5.84. The van der Waals surface area contributed by atoms with E-state index in [2.05, 4.69) is 5.32 Å². The van der Waals surface area contributed by atoms with Crippen LogP contribution < -0.4 is 5.32 Å². The van der Waals surface area contributed by atoms with Crippen LogP contribution in [0.3, 0.4) is 0 Å². The van der Waals surface area contributed by atoms with E-state index in [9.17, 15) is 9.59 Å².